The Morgan fingerprint density at radius 3 is 2.62 bits per heavy atom. The topological polar surface area (TPSA) is 48.5 Å². The molecule has 2 heterocycles. The van der Waals surface area contributed by atoms with Gasteiger partial charge in [0.15, 0.2) is 0 Å². The summed E-state index contributed by atoms with van der Waals surface area (Å²) in [5, 5.41) is 4.35. The number of anilines is 1. The van der Waals surface area contributed by atoms with Crippen molar-refractivity contribution in [3.05, 3.63) is 71.1 Å². The standard InChI is InChI=1S/C22H22ClFN4O/c23-17-14-16-2-1-7-25-21(16)20(15-17)22(29)26-8-9-27-10-12-28(13-11-27)19-5-3-18(24)4-6-19/h1-7,14-15H,8-13H2,(H,26,29). The number of hydrogen-bond acceptors (Lipinski definition) is 4. The Bertz CT molecular complexity index is 1000. The monoisotopic (exact) mass is 412 g/mol. The Labute approximate surface area is 174 Å². The van der Waals surface area contributed by atoms with Gasteiger partial charge in [-0.05, 0) is 42.5 Å². The summed E-state index contributed by atoms with van der Waals surface area (Å²) in [5.41, 5.74) is 2.19. The van der Waals surface area contributed by atoms with Gasteiger partial charge in [0.05, 0.1) is 11.1 Å². The summed E-state index contributed by atoms with van der Waals surface area (Å²) >= 11 is 6.16. The van der Waals surface area contributed by atoms with Crippen LogP contribution in [0.2, 0.25) is 5.02 Å². The fraction of sp³-hybridized carbons (Fsp3) is 0.273. The van der Waals surface area contributed by atoms with E-state index in [1.165, 1.54) is 12.1 Å². The van der Waals surface area contributed by atoms with Crippen LogP contribution in [0, 0.1) is 5.82 Å². The van der Waals surface area contributed by atoms with Crippen molar-refractivity contribution in [3.8, 4) is 0 Å². The number of hydrogen-bond donors (Lipinski definition) is 1. The smallest absolute Gasteiger partial charge is 0.253 e. The number of nitrogens with one attached hydrogen (secondary N) is 1. The lowest BCUT2D eigenvalue weighted by Gasteiger charge is -2.36. The Morgan fingerprint density at radius 1 is 1.10 bits per heavy atom. The van der Waals surface area contributed by atoms with Crippen LogP contribution < -0.4 is 10.2 Å². The molecular formula is C22H22ClFN4O. The molecule has 0 saturated carbocycles. The van der Waals surface area contributed by atoms with E-state index in [0.717, 1.165) is 43.8 Å². The Hall–Kier alpha value is -2.70. The number of aromatic nitrogens is 1. The van der Waals surface area contributed by atoms with Crippen LogP contribution in [-0.4, -0.2) is 55.1 Å². The lowest BCUT2D eigenvalue weighted by molar-refractivity contribution is 0.0949. The third kappa shape index (κ3) is 4.66. The molecule has 0 bridgehead atoms. The number of fused-ring (bicyclic) bond motifs is 1. The van der Waals surface area contributed by atoms with Crippen molar-refractivity contribution >= 4 is 34.1 Å². The van der Waals surface area contributed by atoms with E-state index in [9.17, 15) is 9.18 Å². The van der Waals surface area contributed by atoms with E-state index in [-0.39, 0.29) is 11.7 Å². The molecule has 150 valence electrons. The molecular weight excluding hydrogens is 391 g/mol. The third-order valence-electron chi connectivity index (χ3n) is 5.19. The third-order valence-corrected chi connectivity index (χ3v) is 5.41. The number of halogens is 2. The van der Waals surface area contributed by atoms with Gasteiger partial charge in [0, 0.05) is 61.6 Å². The molecule has 1 aromatic heterocycles. The number of amides is 1. The van der Waals surface area contributed by atoms with Crippen LogP contribution in [0.5, 0.6) is 0 Å². The molecule has 1 amide bonds. The predicted molar refractivity (Wildman–Crippen MR) is 114 cm³/mol. The molecule has 4 rings (SSSR count). The zero-order valence-corrected chi connectivity index (χ0v) is 16.7. The minimum Gasteiger partial charge on any atom is -0.369 e. The van der Waals surface area contributed by atoms with Crippen molar-refractivity contribution < 1.29 is 9.18 Å². The molecule has 1 aliphatic heterocycles. The Balaban J connectivity index is 1.29. The zero-order chi connectivity index (χ0) is 20.2. The summed E-state index contributed by atoms with van der Waals surface area (Å²) in [6, 6.07) is 13.8. The molecule has 1 aliphatic rings. The quantitative estimate of drug-likeness (QED) is 0.696. The Kier molecular flexibility index (Phi) is 5.92. The molecule has 29 heavy (non-hydrogen) atoms. The summed E-state index contributed by atoms with van der Waals surface area (Å²) in [6.07, 6.45) is 1.67. The fourth-order valence-electron chi connectivity index (χ4n) is 3.63. The molecule has 1 fully saturated rings. The normalized spacial score (nSPS) is 14.9. The highest BCUT2D eigenvalue weighted by Crippen LogP contribution is 2.22. The van der Waals surface area contributed by atoms with Crippen LogP contribution in [0.1, 0.15) is 10.4 Å². The van der Waals surface area contributed by atoms with Gasteiger partial charge in [-0.25, -0.2) is 4.39 Å². The van der Waals surface area contributed by atoms with Gasteiger partial charge < -0.3 is 10.2 Å². The molecule has 0 atom stereocenters. The van der Waals surface area contributed by atoms with Crippen LogP contribution in [0.25, 0.3) is 10.9 Å². The van der Waals surface area contributed by atoms with E-state index in [1.807, 2.05) is 24.3 Å². The molecule has 7 heteroatoms. The van der Waals surface area contributed by atoms with Gasteiger partial charge in [0.1, 0.15) is 5.82 Å². The summed E-state index contributed by atoms with van der Waals surface area (Å²) in [5.74, 6) is -0.382. The highest BCUT2D eigenvalue weighted by Gasteiger charge is 2.18. The second-order valence-corrected chi connectivity index (χ2v) is 7.53. The second kappa shape index (κ2) is 8.76. The number of carbonyl (C=O) groups excluding carboxylic acids is 1. The summed E-state index contributed by atoms with van der Waals surface area (Å²) in [4.78, 5) is 21.5. The van der Waals surface area contributed by atoms with Crippen molar-refractivity contribution in [1.29, 1.82) is 0 Å². The molecule has 3 aromatic rings. The molecule has 0 spiro atoms. The van der Waals surface area contributed by atoms with Crippen LogP contribution in [0.15, 0.2) is 54.7 Å². The average Bonchev–Trinajstić information content (AvgIpc) is 2.74. The molecule has 0 radical (unpaired) electrons. The van der Waals surface area contributed by atoms with Crippen LogP contribution in [0.3, 0.4) is 0 Å². The average molecular weight is 413 g/mol. The second-order valence-electron chi connectivity index (χ2n) is 7.09. The van der Waals surface area contributed by atoms with Gasteiger partial charge in [0.25, 0.3) is 5.91 Å². The summed E-state index contributed by atoms with van der Waals surface area (Å²) in [6.45, 7) is 4.87. The van der Waals surface area contributed by atoms with E-state index in [2.05, 4.69) is 20.1 Å². The maximum absolute atomic E-state index is 13.1. The highest BCUT2D eigenvalue weighted by atomic mass is 35.5. The Morgan fingerprint density at radius 2 is 1.86 bits per heavy atom. The van der Waals surface area contributed by atoms with Crippen molar-refractivity contribution in [2.24, 2.45) is 0 Å². The lowest BCUT2D eigenvalue weighted by Crippen LogP contribution is -2.48. The van der Waals surface area contributed by atoms with E-state index in [4.69, 9.17) is 11.6 Å². The van der Waals surface area contributed by atoms with Gasteiger partial charge >= 0.3 is 0 Å². The van der Waals surface area contributed by atoms with Gasteiger partial charge in [-0.1, -0.05) is 17.7 Å². The molecule has 1 saturated heterocycles. The number of piperazine rings is 1. The minimum atomic E-state index is -0.217. The minimum absolute atomic E-state index is 0.166. The molecule has 0 unspecified atom stereocenters. The molecule has 5 nitrogen and oxygen atoms in total. The van der Waals surface area contributed by atoms with Crippen LogP contribution in [0.4, 0.5) is 10.1 Å². The fourth-order valence-corrected chi connectivity index (χ4v) is 3.86. The van der Waals surface area contributed by atoms with Gasteiger partial charge in [-0.3, -0.25) is 14.7 Å². The first-order valence-corrected chi connectivity index (χ1v) is 10.0. The van der Waals surface area contributed by atoms with Gasteiger partial charge in [0.2, 0.25) is 0 Å². The number of rotatable bonds is 5. The maximum atomic E-state index is 13.1. The van der Waals surface area contributed by atoms with Gasteiger partial charge in [-0.15, -0.1) is 0 Å². The number of pyridine rings is 1. The highest BCUT2D eigenvalue weighted by molar-refractivity contribution is 6.32. The van der Waals surface area contributed by atoms with E-state index in [1.54, 1.807) is 18.3 Å². The lowest BCUT2D eigenvalue weighted by atomic mass is 10.1. The van der Waals surface area contributed by atoms with Gasteiger partial charge in [-0.2, -0.15) is 0 Å². The first-order valence-electron chi connectivity index (χ1n) is 9.65. The first kappa shape index (κ1) is 19.6. The van der Waals surface area contributed by atoms with Crippen molar-refractivity contribution in [1.82, 2.24) is 15.2 Å². The largest absolute Gasteiger partial charge is 0.369 e. The van der Waals surface area contributed by atoms with E-state index >= 15 is 0 Å². The number of nitrogens with zero attached hydrogens (tertiary/aromatic N) is 3. The van der Waals surface area contributed by atoms with E-state index in [0.29, 0.717) is 22.6 Å². The van der Waals surface area contributed by atoms with E-state index < -0.39 is 0 Å². The molecule has 1 N–H and O–H groups in total. The summed E-state index contributed by atoms with van der Waals surface area (Å²) in [7, 11) is 0. The van der Waals surface area contributed by atoms with Crippen molar-refractivity contribution in [3.63, 3.8) is 0 Å². The number of carbonyl (C=O) groups is 1. The maximum Gasteiger partial charge on any atom is 0.253 e. The van der Waals surface area contributed by atoms with Crippen molar-refractivity contribution in [2.75, 3.05) is 44.2 Å². The number of benzene rings is 2. The molecule has 0 aliphatic carbocycles. The van der Waals surface area contributed by atoms with Crippen LogP contribution >= 0.6 is 11.6 Å². The zero-order valence-electron chi connectivity index (χ0n) is 15.9. The van der Waals surface area contributed by atoms with Crippen LogP contribution in [-0.2, 0) is 0 Å². The summed E-state index contributed by atoms with van der Waals surface area (Å²) < 4.78 is 13.1. The first-order chi connectivity index (χ1) is 14.1. The SMILES string of the molecule is O=C(NCCN1CCN(c2ccc(F)cc2)CC1)c1cc(Cl)cc2cccnc12. The predicted octanol–water partition coefficient (Wildman–Crippen LogP) is 3.58. The van der Waals surface area contributed by atoms with Crippen molar-refractivity contribution in [2.45, 2.75) is 0 Å². The molecule has 2 aromatic carbocycles.